The average Bonchev–Trinajstić information content (AvgIpc) is 2.51. The first-order chi connectivity index (χ1) is 11.7. The molecule has 3 atom stereocenters. The van der Waals surface area contributed by atoms with Crippen LogP contribution in [0.5, 0.6) is 0 Å². The van der Waals surface area contributed by atoms with E-state index in [9.17, 15) is 9.90 Å². The molecule has 24 heavy (non-hydrogen) atoms. The highest BCUT2D eigenvalue weighted by atomic mass is 16.6. The Morgan fingerprint density at radius 2 is 2.00 bits per heavy atom. The van der Waals surface area contributed by atoms with Gasteiger partial charge in [-0.3, -0.25) is 4.79 Å². The molecule has 2 N–H and O–H groups in total. The molecule has 0 fully saturated rings. The number of aliphatic hydroxyl groups is 1. The summed E-state index contributed by atoms with van der Waals surface area (Å²) in [6.45, 7) is 4.53. The number of hydrogen-bond acceptors (Lipinski definition) is 4. The molecule has 0 radical (unpaired) electrons. The fourth-order valence-corrected chi connectivity index (χ4v) is 4.06. The summed E-state index contributed by atoms with van der Waals surface area (Å²) in [5.74, 6) is 1.24. The van der Waals surface area contributed by atoms with Crippen molar-refractivity contribution in [3.05, 3.63) is 23.5 Å². The molecule has 0 aromatic rings. The second-order valence-electron chi connectivity index (χ2n) is 7.08. The van der Waals surface area contributed by atoms with Crippen molar-refractivity contribution >= 4 is 5.78 Å². The fraction of sp³-hybridized carbons (Fsp3) is 0.750. The number of carbonyl (C=O) groups is 1. The van der Waals surface area contributed by atoms with Gasteiger partial charge in [-0.25, -0.2) is 0 Å². The number of hydrogen-bond donors (Lipinski definition) is 2. The second kappa shape index (κ2) is 10.00. The highest BCUT2D eigenvalue weighted by Crippen LogP contribution is 2.37. The zero-order valence-electron chi connectivity index (χ0n) is 15.2. The molecular weight excluding hydrogens is 302 g/mol. The van der Waals surface area contributed by atoms with Gasteiger partial charge in [-0.15, -0.1) is 0 Å². The third kappa shape index (κ3) is 5.18. The molecule has 2 aliphatic carbocycles. The van der Waals surface area contributed by atoms with Crippen LogP contribution in [-0.2, 0) is 9.63 Å². The van der Waals surface area contributed by atoms with Crippen molar-refractivity contribution in [1.82, 2.24) is 5.48 Å². The Hall–Kier alpha value is -1.13. The van der Waals surface area contributed by atoms with Crippen LogP contribution >= 0.6 is 0 Å². The van der Waals surface area contributed by atoms with Gasteiger partial charge in [0.25, 0.3) is 0 Å². The summed E-state index contributed by atoms with van der Waals surface area (Å²) in [5.41, 5.74) is 3.53. The van der Waals surface area contributed by atoms with E-state index in [4.69, 9.17) is 4.84 Å². The molecule has 0 saturated heterocycles. The van der Waals surface area contributed by atoms with Crippen LogP contribution in [0, 0.1) is 11.8 Å². The monoisotopic (exact) mass is 335 g/mol. The first-order valence-corrected chi connectivity index (χ1v) is 9.64. The van der Waals surface area contributed by atoms with Crippen LogP contribution in [0.4, 0.5) is 0 Å². The number of Topliss-reactive ketones (excluding diaryl/α,β-unsaturated/α-hetero) is 1. The van der Waals surface area contributed by atoms with Crippen LogP contribution in [0.1, 0.15) is 71.6 Å². The van der Waals surface area contributed by atoms with E-state index in [-0.39, 0.29) is 11.8 Å². The topological polar surface area (TPSA) is 58.6 Å². The van der Waals surface area contributed by atoms with E-state index in [0.717, 1.165) is 32.1 Å². The molecule has 0 spiro atoms. The van der Waals surface area contributed by atoms with Crippen molar-refractivity contribution in [1.29, 1.82) is 0 Å². The minimum Gasteiger partial charge on any atom is -0.512 e. The van der Waals surface area contributed by atoms with Crippen LogP contribution in [0.25, 0.3) is 0 Å². The fourth-order valence-electron chi connectivity index (χ4n) is 4.06. The van der Waals surface area contributed by atoms with Crippen LogP contribution in [0.2, 0.25) is 0 Å². The molecule has 2 aliphatic rings. The predicted molar refractivity (Wildman–Crippen MR) is 96.6 cm³/mol. The summed E-state index contributed by atoms with van der Waals surface area (Å²) in [5, 5.41) is 10.6. The Labute approximate surface area is 146 Å². The largest absolute Gasteiger partial charge is 0.512 e. The van der Waals surface area contributed by atoms with Gasteiger partial charge in [0.05, 0.1) is 18.2 Å². The molecule has 136 valence electrons. The minimum atomic E-state index is -0.191. The van der Waals surface area contributed by atoms with Crippen molar-refractivity contribution in [3.8, 4) is 0 Å². The molecule has 0 heterocycles. The SMILES string of the molecule is CCCC(NOCC)C1=C(O)CC(C2CCC=CCCC2)CC1=O. The smallest absolute Gasteiger partial charge is 0.164 e. The lowest BCUT2D eigenvalue weighted by molar-refractivity contribution is -0.119. The number of carbonyl (C=O) groups excluding carboxylic acids is 1. The maximum Gasteiger partial charge on any atom is 0.164 e. The highest BCUT2D eigenvalue weighted by molar-refractivity contribution is 5.98. The van der Waals surface area contributed by atoms with Crippen LogP contribution < -0.4 is 5.48 Å². The lowest BCUT2D eigenvalue weighted by Crippen LogP contribution is -2.38. The molecule has 2 rings (SSSR count). The maximum atomic E-state index is 12.8. The van der Waals surface area contributed by atoms with Crippen molar-refractivity contribution in [3.63, 3.8) is 0 Å². The first kappa shape index (κ1) is 19.2. The van der Waals surface area contributed by atoms with Crippen molar-refractivity contribution < 1.29 is 14.7 Å². The molecule has 0 aliphatic heterocycles. The molecule has 0 aromatic heterocycles. The summed E-state index contributed by atoms with van der Waals surface area (Å²) in [7, 11) is 0. The minimum absolute atomic E-state index is 0.104. The van der Waals surface area contributed by atoms with E-state index < -0.39 is 0 Å². The summed E-state index contributed by atoms with van der Waals surface area (Å²) >= 11 is 0. The molecule has 3 unspecified atom stereocenters. The zero-order valence-corrected chi connectivity index (χ0v) is 15.2. The van der Waals surface area contributed by atoms with Gasteiger partial charge in [-0.05, 0) is 57.3 Å². The van der Waals surface area contributed by atoms with Gasteiger partial charge in [0.2, 0.25) is 0 Å². The molecule has 0 bridgehead atoms. The van der Waals surface area contributed by atoms with Gasteiger partial charge in [0.1, 0.15) is 5.76 Å². The second-order valence-corrected chi connectivity index (χ2v) is 7.08. The summed E-state index contributed by atoms with van der Waals surface area (Å²) in [6, 6.07) is -0.191. The van der Waals surface area contributed by atoms with Gasteiger partial charge < -0.3 is 9.94 Å². The lowest BCUT2D eigenvalue weighted by atomic mass is 9.73. The normalized spacial score (nSPS) is 27.0. The van der Waals surface area contributed by atoms with Crippen molar-refractivity contribution in [2.45, 2.75) is 77.7 Å². The number of hydroxylamine groups is 1. The van der Waals surface area contributed by atoms with Gasteiger partial charge >= 0.3 is 0 Å². The van der Waals surface area contributed by atoms with Crippen LogP contribution in [-0.4, -0.2) is 23.5 Å². The lowest BCUT2D eigenvalue weighted by Gasteiger charge is -2.33. The summed E-state index contributed by atoms with van der Waals surface area (Å²) < 4.78 is 0. The van der Waals surface area contributed by atoms with E-state index in [2.05, 4.69) is 24.6 Å². The van der Waals surface area contributed by atoms with Crippen molar-refractivity contribution in [2.24, 2.45) is 11.8 Å². The Bertz CT molecular complexity index is 470. The number of allylic oxidation sites excluding steroid dienone is 3. The van der Waals surface area contributed by atoms with Gasteiger partial charge in [-0.2, -0.15) is 5.48 Å². The van der Waals surface area contributed by atoms with E-state index in [0.29, 0.717) is 42.6 Å². The zero-order chi connectivity index (χ0) is 17.4. The molecular formula is C20H33NO3. The van der Waals surface area contributed by atoms with E-state index >= 15 is 0 Å². The quantitative estimate of drug-likeness (QED) is 0.526. The number of ketones is 1. The van der Waals surface area contributed by atoms with Crippen LogP contribution in [0.3, 0.4) is 0 Å². The Balaban J connectivity index is 2.08. The summed E-state index contributed by atoms with van der Waals surface area (Å²) in [4.78, 5) is 18.1. The van der Waals surface area contributed by atoms with E-state index in [1.165, 1.54) is 12.8 Å². The van der Waals surface area contributed by atoms with E-state index in [1.54, 1.807) is 0 Å². The summed E-state index contributed by atoms with van der Waals surface area (Å²) in [6.07, 6.45) is 13.2. The van der Waals surface area contributed by atoms with Crippen LogP contribution in [0.15, 0.2) is 23.5 Å². The molecule has 0 saturated carbocycles. The Kier molecular flexibility index (Phi) is 8.00. The first-order valence-electron chi connectivity index (χ1n) is 9.64. The highest BCUT2D eigenvalue weighted by Gasteiger charge is 2.35. The van der Waals surface area contributed by atoms with E-state index in [1.807, 2.05) is 6.92 Å². The standard InChI is InChI=1S/C20H33NO3/c1-3-10-17(21-24-4-2)20-18(22)13-16(14-19(20)23)15-11-8-6-5-7-9-12-15/h5-6,15-17,21-22H,3-4,7-14H2,1-2H3. The number of aliphatic hydroxyl groups excluding tert-OH is 1. The number of nitrogens with one attached hydrogen (secondary N) is 1. The number of rotatable bonds is 7. The maximum absolute atomic E-state index is 12.8. The van der Waals surface area contributed by atoms with Gasteiger partial charge in [0, 0.05) is 12.8 Å². The average molecular weight is 335 g/mol. The molecule has 4 heteroatoms. The molecule has 0 aromatic carbocycles. The third-order valence-electron chi connectivity index (χ3n) is 5.29. The molecule has 0 amide bonds. The van der Waals surface area contributed by atoms with Crippen molar-refractivity contribution in [2.75, 3.05) is 6.61 Å². The van der Waals surface area contributed by atoms with Gasteiger partial charge in [0.15, 0.2) is 5.78 Å². The van der Waals surface area contributed by atoms with Gasteiger partial charge in [-0.1, -0.05) is 25.5 Å². The Morgan fingerprint density at radius 3 is 2.71 bits per heavy atom. The predicted octanol–water partition coefficient (Wildman–Crippen LogP) is 4.62. The third-order valence-corrected chi connectivity index (χ3v) is 5.29. The Morgan fingerprint density at radius 1 is 1.21 bits per heavy atom. The molecule has 4 nitrogen and oxygen atoms in total.